The van der Waals surface area contributed by atoms with Crippen LogP contribution in [0.5, 0.6) is 0 Å². The quantitative estimate of drug-likeness (QED) is 0.189. The standard InChI is InChI=1S/C26H22F3NO/c1-2-3-8-19(18-13-15-20(16-14-18)26(27,28)29)17-30(31)25-23-11-6-4-9-21(23)22-10-5-7-12-24(22)25/h4-7,9-17H,2-3,8H2,1H3/b19-17+. The van der Waals surface area contributed by atoms with Crippen molar-refractivity contribution >= 4 is 11.3 Å². The van der Waals surface area contributed by atoms with E-state index >= 15 is 0 Å². The molecule has 0 heterocycles. The Balaban J connectivity index is 1.82. The van der Waals surface area contributed by atoms with Crippen LogP contribution in [-0.2, 0) is 6.18 Å². The fourth-order valence-electron chi connectivity index (χ4n) is 3.96. The first kappa shape index (κ1) is 20.9. The van der Waals surface area contributed by atoms with E-state index in [9.17, 15) is 18.4 Å². The lowest BCUT2D eigenvalue weighted by atomic mass is 9.99. The maximum atomic E-state index is 13.4. The van der Waals surface area contributed by atoms with Crippen molar-refractivity contribution in [1.29, 1.82) is 0 Å². The van der Waals surface area contributed by atoms with E-state index in [1.54, 1.807) is 0 Å². The summed E-state index contributed by atoms with van der Waals surface area (Å²) in [6, 6.07) is 20.5. The Morgan fingerprint density at radius 3 is 1.84 bits per heavy atom. The van der Waals surface area contributed by atoms with E-state index < -0.39 is 11.7 Å². The van der Waals surface area contributed by atoms with Gasteiger partial charge in [-0.3, -0.25) is 0 Å². The normalized spacial score (nSPS) is 13.2. The molecule has 0 aromatic heterocycles. The van der Waals surface area contributed by atoms with Gasteiger partial charge in [0.25, 0.3) is 0 Å². The predicted molar refractivity (Wildman–Crippen MR) is 118 cm³/mol. The van der Waals surface area contributed by atoms with Crippen molar-refractivity contribution < 1.29 is 17.9 Å². The van der Waals surface area contributed by atoms with Gasteiger partial charge in [0.1, 0.15) is 0 Å². The zero-order valence-electron chi connectivity index (χ0n) is 17.1. The van der Waals surface area contributed by atoms with Crippen LogP contribution in [-0.4, -0.2) is 10.5 Å². The van der Waals surface area contributed by atoms with Crippen LogP contribution < -0.4 is 0 Å². The molecule has 0 saturated heterocycles. The summed E-state index contributed by atoms with van der Waals surface area (Å²) in [5, 5.41) is 13.4. The van der Waals surface area contributed by atoms with Crippen LogP contribution in [0.3, 0.4) is 0 Å². The first-order valence-electron chi connectivity index (χ1n) is 10.3. The topological polar surface area (TPSA) is 26.1 Å². The maximum absolute atomic E-state index is 13.4. The Morgan fingerprint density at radius 1 is 0.839 bits per heavy atom. The number of halogens is 3. The number of alkyl halides is 3. The second-order valence-electron chi connectivity index (χ2n) is 7.60. The van der Waals surface area contributed by atoms with Gasteiger partial charge in [-0.1, -0.05) is 61.9 Å². The fraction of sp³-hybridized carbons (Fsp3) is 0.192. The Hall–Kier alpha value is -3.34. The average Bonchev–Trinajstić information content (AvgIpc) is 3.10. The summed E-state index contributed by atoms with van der Waals surface area (Å²) in [6.07, 6.45) is -0.505. The van der Waals surface area contributed by atoms with E-state index in [0.717, 1.165) is 57.5 Å². The van der Waals surface area contributed by atoms with E-state index in [1.807, 2.05) is 55.5 Å². The molecular formula is C26H22F3NO. The molecule has 0 N–H and O–H groups in total. The van der Waals surface area contributed by atoms with Crippen LogP contribution in [0.25, 0.3) is 16.7 Å². The molecule has 3 aromatic rings. The zero-order valence-corrected chi connectivity index (χ0v) is 17.1. The molecular weight excluding hydrogens is 399 g/mol. The summed E-state index contributed by atoms with van der Waals surface area (Å²) < 4.78 is 39.7. The molecule has 0 unspecified atom stereocenters. The number of rotatable bonds is 5. The van der Waals surface area contributed by atoms with Gasteiger partial charge in [0.05, 0.1) is 16.7 Å². The van der Waals surface area contributed by atoms with E-state index in [4.69, 9.17) is 0 Å². The van der Waals surface area contributed by atoms with Crippen molar-refractivity contribution in [3.05, 3.63) is 106 Å². The molecule has 3 aromatic carbocycles. The number of unbranched alkanes of at least 4 members (excludes halogenated alkanes) is 1. The van der Waals surface area contributed by atoms with Gasteiger partial charge < -0.3 is 5.21 Å². The number of allylic oxidation sites excluding steroid dienone is 1. The Morgan fingerprint density at radius 2 is 1.35 bits per heavy atom. The van der Waals surface area contributed by atoms with E-state index in [0.29, 0.717) is 17.7 Å². The van der Waals surface area contributed by atoms with Gasteiger partial charge in [-0.15, -0.1) is 0 Å². The fourth-order valence-corrected chi connectivity index (χ4v) is 3.96. The first-order chi connectivity index (χ1) is 14.9. The van der Waals surface area contributed by atoms with Gasteiger partial charge in [0.15, 0.2) is 6.20 Å². The lowest BCUT2D eigenvalue weighted by molar-refractivity contribution is -0.376. The van der Waals surface area contributed by atoms with Crippen molar-refractivity contribution in [2.75, 3.05) is 0 Å². The SMILES string of the molecule is CCCC/C(=C\[N+]([O-])=C1c2ccccc2-c2ccccc21)c1ccc(C(F)(F)F)cc1. The first-order valence-corrected chi connectivity index (χ1v) is 10.3. The van der Waals surface area contributed by atoms with Crippen LogP contribution in [0.4, 0.5) is 13.2 Å². The Kier molecular flexibility index (Phi) is 5.68. The molecule has 0 aliphatic heterocycles. The zero-order chi connectivity index (χ0) is 22.0. The summed E-state index contributed by atoms with van der Waals surface area (Å²) in [4.78, 5) is 0. The van der Waals surface area contributed by atoms with Gasteiger partial charge in [-0.05, 0) is 53.8 Å². The molecule has 2 nitrogen and oxygen atoms in total. The third-order valence-corrected chi connectivity index (χ3v) is 5.53. The summed E-state index contributed by atoms with van der Waals surface area (Å²) in [5.74, 6) is 0. The number of nitrogens with zero attached hydrogens (tertiary/aromatic N) is 1. The maximum Gasteiger partial charge on any atom is 0.416 e. The average molecular weight is 421 g/mol. The number of fused-ring (bicyclic) bond motifs is 3. The van der Waals surface area contributed by atoms with E-state index in [-0.39, 0.29) is 0 Å². The van der Waals surface area contributed by atoms with Gasteiger partial charge in [0, 0.05) is 5.57 Å². The van der Waals surface area contributed by atoms with Crippen LogP contribution >= 0.6 is 0 Å². The number of benzene rings is 3. The molecule has 0 spiro atoms. The molecule has 0 radical (unpaired) electrons. The third kappa shape index (κ3) is 4.13. The van der Waals surface area contributed by atoms with Crippen LogP contribution in [0.15, 0.2) is 79.0 Å². The number of hydrogen-bond acceptors (Lipinski definition) is 1. The molecule has 1 aliphatic rings. The highest BCUT2D eigenvalue weighted by Gasteiger charge is 2.31. The lowest BCUT2D eigenvalue weighted by Gasteiger charge is -2.11. The van der Waals surface area contributed by atoms with Crippen LogP contribution in [0.2, 0.25) is 0 Å². The second-order valence-corrected chi connectivity index (χ2v) is 7.60. The molecule has 0 amide bonds. The highest BCUT2D eigenvalue weighted by atomic mass is 19.4. The van der Waals surface area contributed by atoms with E-state index in [2.05, 4.69) is 0 Å². The smallest absolute Gasteiger partial charge is 0.416 e. The summed E-state index contributed by atoms with van der Waals surface area (Å²) in [6.45, 7) is 2.04. The van der Waals surface area contributed by atoms with Crippen molar-refractivity contribution in [2.24, 2.45) is 0 Å². The van der Waals surface area contributed by atoms with Gasteiger partial charge in [-0.2, -0.15) is 17.9 Å². The molecule has 158 valence electrons. The summed E-state index contributed by atoms with van der Waals surface area (Å²) >= 11 is 0. The minimum Gasteiger partial charge on any atom is -0.618 e. The van der Waals surface area contributed by atoms with Gasteiger partial charge in [0.2, 0.25) is 5.71 Å². The van der Waals surface area contributed by atoms with Crippen molar-refractivity contribution in [1.82, 2.24) is 0 Å². The highest BCUT2D eigenvalue weighted by molar-refractivity contribution is 6.22. The molecule has 0 fully saturated rings. The van der Waals surface area contributed by atoms with Crippen molar-refractivity contribution in [2.45, 2.75) is 32.4 Å². The molecule has 0 atom stereocenters. The molecule has 0 saturated carbocycles. The van der Waals surface area contributed by atoms with Crippen LogP contribution in [0, 0.1) is 5.21 Å². The third-order valence-electron chi connectivity index (χ3n) is 5.53. The highest BCUT2D eigenvalue weighted by Crippen LogP contribution is 2.37. The minimum absolute atomic E-state index is 0.562. The molecule has 4 rings (SSSR count). The second kappa shape index (κ2) is 8.42. The van der Waals surface area contributed by atoms with Crippen molar-refractivity contribution in [3.63, 3.8) is 0 Å². The number of hydrogen-bond donors (Lipinski definition) is 0. The van der Waals surface area contributed by atoms with Gasteiger partial charge >= 0.3 is 6.18 Å². The van der Waals surface area contributed by atoms with E-state index in [1.165, 1.54) is 18.3 Å². The predicted octanol–water partition coefficient (Wildman–Crippen LogP) is 7.26. The summed E-state index contributed by atoms with van der Waals surface area (Å²) in [7, 11) is 0. The van der Waals surface area contributed by atoms with Crippen molar-refractivity contribution in [3.8, 4) is 11.1 Å². The van der Waals surface area contributed by atoms with Crippen LogP contribution in [0.1, 0.15) is 48.4 Å². The van der Waals surface area contributed by atoms with Gasteiger partial charge in [-0.25, -0.2) is 0 Å². The monoisotopic (exact) mass is 421 g/mol. The Labute approximate surface area is 179 Å². The molecule has 5 heteroatoms. The number of hydroxylamine groups is 1. The molecule has 0 bridgehead atoms. The minimum atomic E-state index is -4.39. The Bertz CT molecular complexity index is 1110. The summed E-state index contributed by atoms with van der Waals surface area (Å²) in [5.41, 5.74) is 4.95. The lowest BCUT2D eigenvalue weighted by Crippen LogP contribution is -2.12. The molecule has 31 heavy (non-hydrogen) atoms. The largest absolute Gasteiger partial charge is 0.618 e. The molecule has 1 aliphatic carbocycles.